The zero-order chi connectivity index (χ0) is 20.6. The second kappa shape index (κ2) is 10.2. The third-order valence-electron chi connectivity index (χ3n) is 5.57. The molecule has 1 saturated heterocycles. The molecular formula is C23H31N3O3. The van der Waals surface area contributed by atoms with Crippen molar-refractivity contribution in [3.8, 4) is 0 Å². The van der Waals surface area contributed by atoms with Crippen LogP contribution in [0.15, 0.2) is 30.5 Å². The molecule has 1 N–H and O–H groups in total. The maximum atomic E-state index is 12.8. The lowest BCUT2D eigenvalue weighted by molar-refractivity contribution is -0.131. The fraction of sp³-hybridized carbons (Fsp3) is 0.522. The summed E-state index contributed by atoms with van der Waals surface area (Å²) >= 11 is 0. The number of carbonyl (C=O) groups is 3. The van der Waals surface area contributed by atoms with Crippen LogP contribution in [0.1, 0.15) is 62.2 Å². The van der Waals surface area contributed by atoms with Gasteiger partial charge in [-0.05, 0) is 25.3 Å². The lowest BCUT2D eigenvalue weighted by Gasteiger charge is -2.20. The summed E-state index contributed by atoms with van der Waals surface area (Å²) in [5.74, 6) is -1.06. The van der Waals surface area contributed by atoms with Crippen LogP contribution in [0.2, 0.25) is 0 Å². The van der Waals surface area contributed by atoms with Crippen LogP contribution >= 0.6 is 0 Å². The molecular weight excluding hydrogens is 366 g/mol. The Labute approximate surface area is 172 Å². The van der Waals surface area contributed by atoms with Crippen molar-refractivity contribution in [3.63, 3.8) is 0 Å². The lowest BCUT2D eigenvalue weighted by atomic mass is 10.1. The van der Waals surface area contributed by atoms with E-state index in [-0.39, 0.29) is 12.5 Å². The molecule has 3 rings (SSSR count). The predicted octanol–water partition coefficient (Wildman–Crippen LogP) is 3.53. The molecule has 1 aromatic carbocycles. The third-order valence-corrected chi connectivity index (χ3v) is 5.57. The van der Waals surface area contributed by atoms with Crippen molar-refractivity contribution in [1.82, 2.24) is 14.8 Å². The van der Waals surface area contributed by atoms with Crippen molar-refractivity contribution in [1.29, 1.82) is 0 Å². The van der Waals surface area contributed by atoms with E-state index in [0.717, 1.165) is 50.7 Å². The molecule has 0 saturated carbocycles. The number of nitrogens with zero attached hydrogens (tertiary/aromatic N) is 2. The Kier molecular flexibility index (Phi) is 7.44. The number of hydrogen-bond acceptors (Lipinski definition) is 3. The highest BCUT2D eigenvalue weighted by atomic mass is 16.2. The van der Waals surface area contributed by atoms with Crippen molar-refractivity contribution in [2.75, 3.05) is 19.6 Å². The van der Waals surface area contributed by atoms with Gasteiger partial charge in [0.15, 0.2) is 0 Å². The Bertz CT molecular complexity index is 863. The smallest absolute Gasteiger partial charge is 0.292 e. The van der Waals surface area contributed by atoms with Crippen LogP contribution in [0.5, 0.6) is 0 Å². The number of fused-ring (bicyclic) bond motifs is 1. The van der Waals surface area contributed by atoms with E-state index in [4.69, 9.17) is 0 Å². The molecule has 1 fully saturated rings. The van der Waals surface area contributed by atoms with Gasteiger partial charge in [-0.3, -0.25) is 14.4 Å². The Hall–Kier alpha value is -2.63. The van der Waals surface area contributed by atoms with E-state index in [9.17, 15) is 14.4 Å². The van der Waals surface area contributed by atoms with E-state index >= 15 is 0 Å². The van der Waals surface area contributed by atoms with Crippen LogP contribution < -0.4 is 5.32 Å². The summed E-state index contributed by atoms with van der Waals surface area (Å²) < 4.78 is 1.81. The van der Waals surface area contributed by atoms with E-state index in [0.29, 0.717) is 17.5 Å². The van der Waals surface area contributed by atoms with Crippen molar-refractivity contribution in [2.45, 2.75) is 58.4 Å². The predicted molar refractivity (Wildman–Crippen MR) is 114 cm³/mol. The van der Waals surface area contributed by atoms with Crippen LogP contribution in [0, 0.1) is 0 Å². The van der Waals surface area contributed by atoms with E-state index < -0.39 is 11.7 Å². The summed E-state index contributed by atoms with van der Waals surface area (Å²) in [5.41, 5.74) is 1.16. The van der Waals surface area contributed by atoms with Crippen molar-refractivity contribution in [3.05, 3.63) is 36.0 Å². The highest BCUT2D eigenvalue weighted by Crippen LogP contribution is 2.22. The summed E-state index contributed by atoms with van der Waals surface area (Å²) in [6.07, 6.45) is 9.02. The maximum absolute atomic E-state index is 12.8. The zero-order valence-corrected chi connectivity index (χ0v) is 17.3. The molecule has 29 heavy (non-hydrogen) atoms. The third kappa shape index (κ3) is 5.25. The van der Waals surface area contributed by atoms with Gasteiger partial charge in [-0.2, -0.15) is 0 Å². The quantitative estimate of drug-likeness (QED) is 0.421. The normalized spacial score (nSPS) is 14.6. The molecule has 2 amide bonds. The van der Waals surface area contributed by atoms with E-state index in [1.165, 1.54) is 12.8 Å². The number of likely N-dealkylation sites (tertiary alicyclic amines) is 1. The highest BCUT2D eigenvalue weighted by Gasteiger charge is 2.23. The number of aromatic nitrogens is 1. The Morgan fingerprint density at radius 2 is 1.72 bits per heavy atom. The molecule has 0 spiro atoms. The van der Waals surface area contributed by atoms with Crippen molar-refractivity contribution < 1.29 is 14.4 Å². The molecule has 156 valence electrons. The largest absolute Gasteiger partial charge is 0.349 e. The van der Waals surface area contributed by atoms with Gasteiger partial charge in [0.05, 0.1) is 5.56 Å². The minimum Gasteiger partial charge on any atom is -0.349 e. The van der Waals surface area contributed by atoms with Gasteiger partial charge in [0.2, 0.25) is 5.91 Å². The number of rotatable bonds is 8. The van der Waals surface area contributed by atoms with Gasteiger partial charge in [0.1, 0.15) is 6.54 Å². The summed E-state index contributed by atoms with van der Waals surface area (Å²) in [7, 11) is 0. The lowest BCUT2D eigenvalue weighted by Crippen LogP contribution is -2.34. The molecule has 1 aromatic heterocycles. The fourth-order valence-corrected chi connectivity index (χ4v) is 3.90. The second-order valence-corrected chi connectivity index (χ2v) is 7.77. The number of Topliss-reactive ketones (excluding diaryl/α,β-unsaturated/α-hetero) is 1. The summed E-state index contributed by atoms with van der Waals surface area (Å²) in [6, 6.07) is 7.45. The molecule has 0 bridgehead atoms. The summed E-state index contributed by atoms with van der Waals surface area (Å²) in [6.45, 7) is 4.37. The van der Waals surface area contributed by atoms with Crippen LogP contribution in [-0.2, 0) is 16.1 Å². The average Bonchev–Trinajstić information content (AvgIpc) is 2.91. The van der Waals surface area contributed by atoms with Gasteiger partial charge in [0.25, 0.3) is 11.7 Å². The topological polar surface area (TPSA) is 71.4 Å². The van der Waals surface area contributed by atoms with E-state index in [2.05, 4.69) is 12.2 Å². The van der Waals surface area contributed by atoms with Gasteiger partial charge in [-0.15, -0.1) is 0 Å². The first-order valence-electron chi connectivity index (χ1n) is 10.8. The second-order valence-electron chi connectivity index (χ2n) is 7.77. The van der Waals surface area contributed by atoms with Gasteiger partial charge in [-0.1, -0.05) is 50.8 Å². The minimum atomic E-state index is -0.581. The summed E-state index contributed by atoms with van der Waals surface area (Å²) in [4.78, 5) is 39.8. The number of ketones is 1. The Morgan fingerprint density at radius 1 is 1.00 bits per heavy atom. The van der Waals surface area contributed by atoms with Gasteiger partial charge >= 0.3 is 0 Å². The number of unbranched alkanes of at least 4 members (excludes halogenated alkanes) is 2. The van der Waals surface area contributed by atoms with Crippen LogP contribution in [-0.4, -0.2) is 46.7 Å². The highest BCUT2D eigenvalue weighted by molar-refractivity contribution is 6.45. The monoisotopic (exact) mass is 397 g/mol. The van der Waals surface area contributed by atoms with Gasteiger partial charge in [-0.25, -0.2) is 0 Å². The molecule has 1 aliphatic heterocycles. The SMILES string of the molecule is CCCCCNC(=O)C(=O)c1cn(CC(=O)N2CCCCCC2)c2ccccc12. The molecule has 1 aliphatic rings. The van der Waals surface area contributed by atoms with E-state index in [1.54, 1.807) is 10.8 Å². The number of hydrogen-bond donors (Lipinski definition) is 1. The van der Waals surface area contributed by atoms with Crippen LogP contribution in [0.25, 0.3) is 10.9 Å². The Morgan fingerprint density at radius 3 is 2.45 bits per heavy atom. The van der Waals surface area contributed by atoms with Crippen molar-refractivity contribution in [2.24, 2.45) is 0 Å². The van der Waals surface area contributed by atoms with Crippen LogP contribution in [0.3, 0.4) is 0 Å². The first-order chi connectivity index (χ1) is 14.1. The number of carbonyl (C=O) groups excluding carboxylic acids is 3. The zero-order valence-electron chi connectivity index (χ0n) is 17.3. The van der Waals surface area contributed by atoms with Gasteiger partial charge < -0.3 is 14.8 Å². The van der Waals surface area contributed by atoms with Crippen LogP contribution in [0.4, 0.5) is 0 Å². The molecule has 6 heteroatoms. The number of amides is 2. The molecule has 0 radical (unpaired) electrons. The number of para-hydroxylation sites is 1. The molecule has 2 heterocycles. The fourth-order valence-electron chi connectivity index (χ4n) is 3.90. The first kappa shape index (κ1) is 21.1. The van der Waals surface area contributed by atoms with Gasteiger partial charge in [0, 0.05) is 36.7 Å². The van der Waals surface area contributed by atoms with E-state index in [1.807, 2.05) is 29.2 Å². The molecule has 0 atom stereocenters. The molecule has 2 aromatic rings. The summed E-state index contributed by atoms with van der Waals surface area (Å²) in [5, 5.41) is 3.43. The standard InChI is InChI=1S/C23H31N3O3/c1-2-3-8-13-24-23(29)22(28)19-16-26(20-12-7-6-11-18(19)20)17-21(27)25-14-9-4-5-10-15-25/h6-7,11-12,16H,2-5,8-10,13-15,17H2,1H3,(H,24,29). The number of nitrogens with one attached hydrogen (secondary N) is 1. The molecule has 0 aliphatic carbocycles. The Balaban J connectivity index is 1.76. The van der Waals surface area contributed by atoms with Crippen molar-refractivity contribution >= 4 is 28.5 Å². The minimum absolute atomic E-state index is 0.0654. The molecule has 0 unspecified atom stereocenters. The number of benzene rings is 1. The maximum Gasteiger partial charge on any atom is 0.292 e. The average molecular weight is 398 g/mol. The first-order valence-corrected chi connectivity index (χ1v) is 10.8. The molecule has 6 nitrogen and oxygen atoms in total.